The summed E-state index contributed by atoms with van der Waals surface area (Å²) in [5, 5.41) is 19.1. The number of carbonyl (C=O) groups is 1. The highest BCUT2D eigenvalue weighted by atomic mass is 19.1. The normalized spacial score (nSPS) is 32.9. The second kappa shape index (κ2) is 7.76. The van der Waals surface area contributed by atoms with Gasteiger partial charge in [-0.15, -0.1) is 0 Å². The van der Waals surface area contributed by atoms with E-state index in [1.807, 2.05) is 0 Å². The smallest absolute Gasteiger partial charge is 0.150 e. The van der Waals surface area contributed by atoms with Gasteiger partial charge in [0.2, 0.25) is 0 Å². The molecule has 0 radical (unpaired) electrons. The number of carbonyl (C=O) groups excluding carboxylic acids is 1. The average Bonchev–Trinajstić information content (AvgIpc) is 2.92. The summed E-state index contributed by atoms with van der Waals surface area (Å²) >= 11 is 0. The summed E-state index contributed by atoms with van der Waals surface area (Å²) in [7, 11) is 0. The number of fused-ring (bicyclic) bond motifs is 2. The standard InChI is InChI=1S/C21H25F2N3O2/c22-18-8-13(12-24)9-19(23)20(18)25-6-1-2-14(5-7-27)21(25)26-15-3-4-16(26)11-17(28)10-15/h7-9,14-17,21,28H,1-6,10-11H2. The molecule has 0 aliphatic carbocycles. The molecule has 5 nitrogen and oxygen atoms in total. The van der Waals surface area contributed by atoms with Crippen LogP contribution in [0.3, 0.4) is 0 Å². The largest absolute Gasteiger partial charge is 0.393 e. The number of aliphatic hydroxyl groups is 1. The predicted octanol–water partition coefficient (Wildman–Crippen LogP) is 2.96. The van der Waals surface area contributed by atoms with Crippen molar-refractivity contribution in [1.29, 1.82) is 5.26 Å². The molecular formula is C21H25F2N3O2. The van der Waals surface area contributed by atoms with Crippen molar-refractivity contribution in [2.24, 2.45) is 5.92 Å². The van der Waals surface area contributed by atoms with Gasteiger partial charge in [0.15, 0.2) is 11.6 Å². The number of halogens is 2. The van der Waals surface area contributed by atoms with Crippen molar-refractivity contribution in [2.45, 2.75) is 69.3 Å². The van der Waals surface area contributed by atoms with Gasteiger partial charge in [0.1, 0.15) is 12.0 Å². The van der Waals surface area contributed by atoms with E-state index in [2.05, 4.69) is 4.90 Å². The monoisotopic (exact) mass is 389 g/mol. The molecule has 1 aromatic carbocycles. The fourth-order valence-electron chi connectivity index (χ4n) is 5.59. The number of benzene rings is 1. The Kier molecular flexibility index (Phi) is 5.35. The molecule has 0 aromatic heterocycles. The predicted molar refractivity (Wildman–Crippen MR) is 99.5 cm³/mol. The number of aldehydes is 1. The van der Waals surface area contributed by atoms with E-state index in [9.17, 15) is 18.7 Å². The Morgan fingerprint density at radius 1 is 1.18 bits per heavy atom. The van der Waals surface area contributed by atoms with Crippen molar-refractivity contribution in [3.8, 4) is 6.07 Å². The summed E-state index contributed by atoms with van der Waals surface area (Å²) in [6.07, 6.45) is 5.44. The van der Waals surface area contributed by atoms with E-state index in [4.69, 9.17) is 5.26 Å². The van der Waals surface area contributed by atoms with E-state index in [0.717, 1.165) is 44.1 Å². The Bertz CT molecular complexity index is 759. The molecule has 4 unspecified atom stereocenters. The maximum Gasteiger partial charge on any atom is 0.150 e. The Labute approximate surface area is 163 Å². The van der Waals surface area contributed by atoms with Crippen molar-refractivity contribution in [1.82, 2.24) is 4.90 Å². The minimum absolute atomic E-state index is 0.0148. The maximum absolute atomic E-state index is 14.8. The molecule has 0 spiro atoms. The molecular weight excluding hydrogens is 364 g/mol. The maximum atomic E-state index is 14.8. The number of aliphatic hydroxyl groups excluding tert-OH is 1. The van der Waals surface area contributed by atoms with Gasteiger partial charge in [-0.1, -0.05) is 0 Å². The van der Waals surface area contributed by atoms with Crippen LogP contribution in [0.5, 0.6) is 0 Å². The summed E-state index contributed by atoms with van der Waals surface area (Å²) in [6, 6.07) is 4.27. The summed E-state index contributed by atoms with van der Waals surface area (Å²) < 4.78 is 29.7. The van der Waals surface area contributed by atoms with Crippen molar-refractivity contribution < 1.29 is 18.7 Å². The van der Waals surface area contributed by atoms with Gasteiger partial charge >= 0.3 is 0 Å². The number of nitrogens with zero attached hydrogens (tertiary/aromatic N) is 3. The Hall–Kier alpha value is -2.04. The van der Waals surface area contributed by atoms with Crippen LogP contribution in [0.15, 0.2) is 12.1 Å². The van der Waals surface area contributed by atoms with Gasteiger partial charge in [0.05, 0.1) is 23.9 Å². The summed E-state index contributed by atoms with van der Waals surface area (Å²) in [5.41, 5.74) is -0.150. The van der Waals surface area contributed by atoms with Crippen LogP contribution in [0.1, 0.15) is 50.5 Å². The van der Waals surface area contributed by atoms with Crippen LogP contribution in [0, 0.1) is 28.9 Å². The van der Waals surface area contributed by atoms with Gasteiger partial charge in [-0.05, 0) is 56.6 Å². The zero-order valence-electron chi connectivity index (χ0n) is 15.7. The highest BCUT2D eigenvalue weighted by Gasteiger charge is 2.48. The molecule has 1 aromatic rings. The molecule has 3 heterocycles. The van der Waals surface area contributed by atoms with Crippen LogP contribution in [0.2, 0.25) is 0 Å². The summed E-state index contributed by atoms with van der Waals surface area (Å²) in [6.45, 7) is 0.498. The number of hydrogen-bond donors (Lipinski definition) is 1. The molecule has 1 N–H and O–H groups in total. The lowest BCUT2D eigenvalue weighted by atomic mass is 9.87. The summed E-state index contributed by atoms with van der Waals surface area (Å²) in [4.78, 5) is 15.4. The van der Waals surface area contributed by atoms with E-state index in [-0.39, 0.29) is 41.5 Å². The topological polar surface area (TPSA) is 67.6 Å². The van der Waals surface area contributed by atoms with Gasteiger partial charge in [-0.25, -0.2) is 8.78 Å². The molecule has 4 rings (SSSR count). The summed E-state index contributed by atoms with van der Waals surface area (Å²) in [5.74, 6) is -1.49. The Morgan fingerprint density at radius 3 is 2.39 bits per heavy atom. The lowest BCUT2D eigenvalue weighted by Crippen LogP contribution is -2.62. The molecule has 3 aliphatic heterocycles. The molecule has 4 atom stereocenters. The number of hydrogen-bond acceptors (Lipinski definition) is 5. The van der Waals surface area contributed by atoms with Crippen LogP contribution in [0.25, 0.3) is 0 Å². The molecule has 0 saturated carbocycles. The molecule has 28 heavy (non-hydrogen) atoms. The van der Waals surface area contributed by atoms with Gasteiger partial charge < -0.3 is 14.8 Å². The quantitative estimate of drug-likeness (QED) is 0.802. The second-order valence-electron chi connectivity index (χ2n) is 8.27. The highest BCUT2D eigenvalue weighted by molar-refractivity contribution is 5.55. The fraction of sp³-hybridized carbons (Fsp3) is 0.619. The van der Waals surface area contributed by atoms with E-state index in [1.54, 1.807) is 11.0 Å². The number of nitriles is 1. The van der Waals surface area contributed by atoms with Crippen LogP contribution >= 0.6 is 0 Å². The van der Waals surface area contributed by atoms with Gasteiger partial charge in [0.25, 0.3) is 0 Å². The molecule has 3 saturated heterocycles. The molecule has 2 bridgehead atoms. The van der Waals surface area contributed by atoms with Gasteiger partial charge in [-0.3, -0.25) is 4.90 Å². The minimum Gasteiger partial charge on any atom is -0.393 e. The van der Waals surface area contributed by atoms with E-state index in [0.29, 0.717) is 25.8 Å². The molecule has 3 aliphatic rings. The van der Waals surface area contributed by atoms with Crippen LogP contribution < -0.4 is 4.90 Å². The van der Waals surface area contributed by atoms with Crippen molar-refractivity contribution in [3.05, 3.63) is 29.3 Å². The molecule has 0 amide bonds. The van der Waals surface area contributed by atoms with Crippen LogP contribution in [-0.2, 0) is 4.79 Å². The van der Waals surface area contributed by atoms with Crippen molar-refractivity contribution in [2.75, 3.05) is 11.4 Å². The third-order valence-corrected chi connectivity index (χ3v) is 6.62. The van der Waals surface area contributed by atoms with Gasteiger partial charge in [-0.2, -0.15) is 5.26 Å². The first-order valence-corrected chi connectivity index (χ1v) is 10.1. The first kappa shape index (κ1) is 19.3. The second-order valence-corrected chi connectivity index (χ2v) is 8.27. The third-order valence-electron chi connectivity index (χ3n) is 6.62. The lowest BCUT2D eigenvalue weighted by molar-refractivity contribution is -0.109. The SMILES string of the molecule is N#Cc1cc(F)c(N2CCCC(CC=O)C2N2C3CCC2CC(O)C3)c(F)c1. The number of piperidine rings is 2. The third kappa shape index (κ3) is 3.29. The van der Waals surface area contributed by atoms with E-state index < -0.39 is 11.6 Å². The van der Waals surface area contributed by atoms with Crippen molar-refractivity contribution >= 4 is 12.0 Å². The highest BCUT2D eigenvalue weighted by Crippen LogP contribution is 2.44. The number of anilines is 1. The minimum atomic E-state index is -0.738. The van der Waals surface area contributed by atoms with Crippen LogP contribution in [0.4, 0.5) is 14.5 Å². The first-order chi connectivity index (χ1) is 13.5. The van der Waals surface area contributed by atoms with E-state index >= 15 is 0 Å². The Morgan fingerprint density at radius 2 is 1.82 bits per heavy atom. The van der Waals surface area contributed by atoms with Crippen molar-refractivity contribution in [3.63, 3.8) is 0 Å². The molecule has 3 fully saturated rings. The fourth-order valence-corrected chi connectivity index (χ4v) is 5.59. The van der Waals surface area contributed by atoms with Crippen LogP contribution in [-0.4, -0.2) is 47.2 Å². The molecule has 7 heteroatoms. The zero-order valence-corrected chi connectivity index (χ0v) is 15.7. The Balaban J connectivity index is 1.75. The lowest BCUT2D eigenvalue weighted by Gasteiger charge is -2.52. The first-order valence-electron chi connectivity index (χ1n) is 10.1. The van der Waals surface area contributed by atoms with Gasteiger partial charge in [0, 0.05) is 25.0 Å². The molecule has 150 valence electrons. The zero-order chi connectivity index (χ0) is 19.8. The average molecular weight is 389 g/mol. The number of rotatable bonds is 4. The van der Waals surface area contributed by atoms with E-state index in [1.165, 1.54) is 0 Å².